The van der Waals surface area contributed by atoms with Gasteiger partial charge in [0.1, 0.15) is 6.26 Å². The van der Waals surface area contributed by atoms with Gasteiger partial charge in [-0.3, -0.25) is 4.79 Å². The lowest BCUT2D eigenvalue weighted by atomic mass is 10.2. The molecule has 0 aliphatic rings. The van der Waals surface area contributed by atoms with E-state index >= 15 is 0 Å². The van der Waals surface area contributed by atoms with Gasteiger partial charge in [0.2, 0.25) is 5.89 Å². The maximum absolute atomic E-state index is 12.7. The summed E-state index contributed by atoms with van der Waals surface area (Å²) >= 11 is 5.97. The van der Waals surface area contributed by atoms with Crippen LogP contribution in [0.1, 0.15) is 44.1 Å². The van der Waals surface area contributed by atoms with Gasteiger partial charge in [-0.2, -0.15) is 0 Å². The Morgan fingerprint density at radius 1 is 1.21 bits per heavy atom. The molecule has 0 aliphatic heterocycles. The lowest BCUT2D eigenvalue weighted by molar-refractivity contribution is 0.0944. The van der Waals surface area contributed by atoms with E-state index in [1.807, 2.05) is 27.7 Å². The van der Waals surface area contributed by atoms with Crippen LogP contribution >= 0.6 is 11.6 Å². The van der Waals surface area contributed by atoms with Gasteiger partial charge in [0.05, 0.1) is 6.54 Å². The van der Waals surface area contributed by atoms with Gasteiger partial charge in [0, 0.05) is 23.8 Å². The molecule has 152 valence electrons. The average Bonchev–Trinajstić information content (AvgIpc) is 3.07. The van der Waals surface area contributed by atoms with Crippen molar-refractivity contribution in [1.29, 1.82) is 0 Å². The number of nitrogens with zero attached hydrogens (tertiary/aromatic N) is 2. The highest BCUT2D eigenvalue weighted by atomic mass is 35.5. The second-order valence-electron chi connectivity index (χ2n) is 7.45. The summed E-state index contributed by atoms with van der Waals surface area (Å²) in [5, 5.41) is 6.16. The topological polar surface area (TPSA) is 87.5 Å². The molecule has 0 spiro atoms. The molecule has 2 rings (SSSR count). The third-order valence-electron chi connectivity index (χ3n) is 3.73. The summed E-state index contributed by atoms with van der Waals surface area (Å²) in [4.78, 5) is 30.6. The second kappa shape index (κ2) is 10.1. The van der Waals surface area contributed by atoms with E-state index in [4.69, 9.17) is 16.0 Å². The van der Waals surface area contributed by atoms with Gasteiger partial charge in [0.15, 0.2) is 5.69 Å². The molecule has 2 aromatic rings. The molecule has 28 heavy (non-hydrogen) atoms. The summed E-state index contributed by atoms with van der Waals surface area (Å²) in [6.45, 7) is 9.27. The molecule has 0 unspecified atom stereocenters. The maximum Gasteiger partial charge on any atom is 0.322 e. The number of benzene rings is 1. The predicted molar refractivity (Wildman–Crippen MR) is 109 cm³/mol. The highest BCUT2D eigenvalue weighted by Crippen LogP contribution is 2.16. The minimum Gasteiger partial charge on any atom is -0.446 e. The highest BCUT2D eigenvalue weighted by Gasteiger charge is 2.20. The molecule has 7 nitrogen and oxygen atoms in total. The zero-order chi connectivity index (χ0) is 20.7. The first-order valence-electron chi connectivity index (χ1n) is 9.28. The van der Waals surface area contributed by atoms with Crippen LogP contribution in [0, 0.1) is 11.8 Å². The van der Waals surface area contributed by atoms with E-state index < -0.39 is 0 Å². The monoisotopic (exact) mass is 406 g/mol. The summed E-state index contributed by atoms with van der Waals surface area (Å²) in [5.41, 5.74) is 0.808. The van der Waals surface area contributed by atoms with Crippen LogP contribution in [0.4, 0.5) is 10.5 Å². The first-order valence-corrected chi connectivity index (χ1v) is 9.66. The fourth-order valence-electron chi connectivity index (χ4n) is 2.47. The standard InChI is InChI=1S/C20H27ClN4O3/c1-13(2)9-22-19(26)17-12-28-18(24-17)11-25(10-14(3)4)20(27)23-16-7-5-6-15(21)8-16/h5-8,12-14H,9-11H2,1-4H3,(H,22,26)(H,23,27). The van der Waals surface area contributed by atoms with Crippen molar-refractivity contribution in [3.63, 3.8) is 0 Å². The zero-order valence-corrected chi connectivity index (χ0v) is 17.4. The summed E-state index contributed by atoms with van der Waals surface area (Å²) in [6.07, 6.45) is 1.31. The van der Waals surface area contributed by atoms with Crippen LogP contribution in [0.15, 0.2) is 34.9 Å². The number of hydrogen-bond acceptors (Lipinski definition) is 4. The van der Waals surface area contributed by atoms with Gasteiger partial charge in [-0.15, -0.1) is 0 Å². The molecule has 0 bridgehead atoms. The van der Waals surface area contributed by atoms with Crippen LogP contribution in [0.25, 0.3) is 0 Å². The molecule has 0 atom stereocenters. The molecule has 1 aromatic heterocycles. The highest BCUT2D eigenvalue weighted by molar-refractivity contribution is 6.30. The fraction of sp³-hybridized carbons (Fsp3) is 0.450. The quantitative estimate of drug-likeness (QED) is 0.679. The van der Waals surface area contributed by atoms with Gasteiger partial charge < -0.3 is 20.0 Å². The molecular formula is C20H27ClN4O3. The van der Waals surface area contributed by atoms with Crippen molar-refractivity contribution in [2.75, 3.05) is 18.4 Å². The Hall–Kier alpha value is -2.54. The Morgan fingerprint density at radius 3 is 2.61 bits per heavy atom. The first-order chi connectivity index (χ1) is 13.2. The lowest BCUT2D eigenvalue weighted by Gasteiger charge is -2.23. The molecule has 0 saturated heterocycles. The number of hydrogen-bond donors (Lipinski definition) is 2. The van der Waals surface area contributed by atoms with E-state index in [9.17, 15) is 9.59 Å². The molecule has 0 fully saturated rings. The summed E-state index contributed by atoms with van der Waals surface area (Å²) in [5.74, 6) is 0.597. The molecule has 2 N–H and O–H groups in total. The molecule has 1 heterocycles. The Balaban J connectivity index is 2.05. The Labute approximate surface area is 170 Å². The Morgan fingerprint density at radius 2 is 1.96 bits per heavy atom. The number of urea groups is 1. The number of oxazole rings is 1. The van der Waals surface area contributed by atoms with Crippen LogP contribution in [0.2, 0.25) is 5.02 Å². The van der Waals surface area contributed by atoms with Gasteiger partial charge in [-0.25, -0.2) is 9.78 Å². The van der Waals surface area contributed by atoms with Crippen molar-refractivity contribution in [2.24, 2.45) is 11.8 Å². The number of halogens is 1. The predicted octanol–water partition coefficient (Wildman–Crippen LogP) is 4.40. The number of nitrogens with one attached hydrogen (secondary N) is 2. The number of anilines is 1. The largest absolute Gasteiger partial charge is 0.446 e. The summed E-state index contributed by atoms with van der Waals surface area (Å²) in [6, 6.07) is 6.65. The number of aromatic nitrogens is 1. The Bertz CT molecular complexity index is 804. The van der Waals surface area contributed by atoms with Crippen LogP contribution in [0.5, 0.6) is 0 Å². The van der Waals surface area contributed by atoms with Crippen molar-refractivity contribution in [3.05, 3.63) is 47.1 Å². The van der Waals surface area contributed by atoms with E-state index in [0.29, 0.717) is 35.6 Å². The number of amides is 3. The molecule has 0 aliphatic carbocycles. The molecule has 1 aromatic carbocycles. The third-order valence-corrected chi connectivity index (χ3v) is 3.97. The summed E-state index contributed by atoms with van der Waals surface area (Å²) < 4.78 is 5.41. The van der Waals surface area contributed by atoms with Gasteiger partial charge in [-0.1, -0.05) is 45.4 Å². The smallest absolute Gasteiger partial charge is 0.322 e. The molecule has 8 heteroatoms. The molecule has 3 amide bonds. The maximum atomic E-state index is 12.7. The molecular weight excluding hydrogens is 380 g/mol. The minimum atomic E-state index is -0.292. The van der Waals surface area contributed by atoms with Crippen LogP contribution in [-0.4, -0.2) is 34.9 Å². The van der Waals surface area contributed by atoms with Crippen molar-refractivity contribution in [1.82, 2.24) is 15.2 Å². The van der Waals surface area contributed by atoms with Crippen LogP contribution in [0.3, 0.4) is 0 Å². The lowest BCUT2D eigenvalue weighted by Crippen LogP contribution is -2.37. The van der Waals surface area contributed by atoms with Gasteiger partial charge in [0.25, 0.3) is 5.91 Å². The van der Waals surface area contributed by atoms with Gasteiger partial charge >= 0.3 is 6.03 Å². The SMILES string of the molecule is CC(C)CNC(=O)c1coc(CN(CC(C)C)C(=O)Nc2cccc(Cl)c2)n1. The number of carbonyl (C=O) groups is 2. The third kappa shape index (κ3) is 6.88. The minimum absolute atomic E-state index is 0.155. The van der Waals surface area contributed by atoms with E-state index in [-0.39, 0.29) is 30.1 Å². The van der Waals surface area contributed by atoms with E-state index in [2.05, 4.69) is 15.6 Å². The normalized spacial score (nSPS) is 11.0. The summed E-state index contributed by atoms with van der Waals surface area (Å²) in [7, 11) is 0. The number of carbonyl (C=O) groups excluding carboxylic acids is 2. The van der Waals surface area contributed by atoms with Crippen molar-refractivity contribution >= 4 is 29.2 Å². The van der Waals surface area contributed by atoms with Crippen molar-refractivity contribution in [3.8, 4) is 0 Å². The fourth-order valence-corrected chi connectivity index (χ4v) is 2.66. The molecule has 0 radical (unpaired) electrons. The van der Waals surface area contributed by atoms with Crippen molar-refractivity contribution < 1.29 is 14.0 Å². The van der Waals surface area contributed by atoms with E-state index in [1.54, 1.807) is 29.2 Å². The average molecular weight is 407 g/mol. The zero-order valence-electron chi connectivity index (χ0n) is 16.7. The first kappa shape index (κ1) is 21.8. The number of rotatable bonds is 8. The Kier molecular flexibility index (Phi) is 7.87. The van der Waals surface area contributed by atoms with Gasteiger partial charge in [-0.05, 0) is 30.0 Å². The van der Waals surface area contributed by atoms with E-state index in [1.165, 1.54) is 6.26 Å². The second-order valence-corrected chi connectivity index (χ2v) is 7.88. The molecule has 0 saturated carbocycles. The van der Waals surface area contributed by atoms with E-state index in [0.717, 1.165) is 0 Å². The van der Waals surface area contributed by atoms with Crippen molar-refractivity contribution in [2.45, 2.75) is 34.2 Å². The van der Waals surface area contributed by atoms with Crippen LogP contribution in [-0.2, 0) is 6.54 Å². The van der Waals surface area contributed by atoms with Crippen LogP contribution < -0.4 is 10.6 Å².